The van der Waals surface area contributed by atoms with Crippen LogP contribution < -0.4 is 10.5 Å². The van der Waals surface area contributed by atoms with Crippen molar-refractivity contribution in [1.82, 2.24) is 5.32 Å². The van der Waals surface area contributed by atoms with Crippen molar-refractivity contribution in [2.24, 2.45) is 5.14 Å². The first-order valence-corrected chi connectivity index (χ1v) is 7.93. The van der Waals surface area contributed by atoms with E-state index in [9.17, 15) is 22.0 Å². The van der Waals surface area contributed by atoms with E-state index in [1.807, 2.05) is 13.8 Å². The van der Waals surface area contributed by atoms with Gasteiger partial charge in [0.1, 0.15) is 0 Å². The highest BCUT2D eigenvalue weighted by Gasteiger charge is 2.26. The monoisotopic (exact) mass is 320 g/mol. The smallest absolute Gasteiger partial charge is 0.254 e. The fourth-order valence-corrected chi connectivity index (χ4v) is 2.21. The second kappa shape index (κ2) is 6.07. The van der Waals surface area contributed by atoms with E-state index >= 15 is 0 Å². The summed E-state index contributed by atoms with van der Waals surface area (Å²) in [6.07, 6.45) is 1.16. The lowest BCUT2D eigenvalue weighted by Crippen LogP contribution is -2.45. The number of rotatable bonds is 5. The Morgan fingerprint density at radius 3 is 2.24 bits per heavy atom. The molecule has 0 aliphatic heterocycles. The van der Waals surface area contributed by atoms with Gasteiger partial charge in [-0.25, -0.2) is 22.3 Å². The summed E-state index contributed by atoms with van der Waals surface area (Å²) in [4.78, 5) is 11.4. The highest BCUT2D eigenvalue weighted by atomic mass is 32.2. The van der Waals surface area contributed by atoms with Gasteiger partial charge in [-0.05, 0) is 31.9 Å². The van der Waals surface area contributed by atoms with Crippen molar-refractivity contribution >= 4 is 15.9 Å². The normalized spacial score (nSPS) is 12.3. The van der Waals surface area contributed by atoms with Crippen molar-refractivity contribution in [3.05, 3.63) is 29.3 Å². The number of halogens is 2. The molecule has 1 aromatic carbocycles. The number of nitrogens with two attached hydrogens (primary N) is 1. The number of amides is 1. The third kappa shape index (κ3) is 3.98. The van der Waals surface area contributed by atoms with E-state index < -0.39 is 43.6 Å². The molecular formula is C13H18F2N2O3S. The number of benzene rings is 1. The van der Waals surface area contributed by atoms with Crippen molar-refractivity contribution < 1.29 is 22.0 Å². The number of nitrogens with one attached hydrogen (secondary N) is 1. The Labute approximate surface area is 122 Å². The number of carbonyl (C=O) groups is 1. The topological polar surface area (TPSA) is 89.3 Å². The number of primary sulfonamides is 1. The second-order valence-corrected chi connectivity index (χ2v) is 6.59. The molecular weight excluding hydrogens is 302 g/mol. The highest BCUT2D eigenvalue weighted by molar-refractivity contribution is 7.89. The van der Waals surface area contributed by atoms with Crippen molar-refractivity contribution in [2.45, 2.75) is 44.0 Å². The van der Waals surface area contributed by atoms with Crippen LogP contribution in [-0.2, 0) is 10.0 Å². The van der Waals surface area contributed by atoms with Crippen LogP contribution in [0, 0.1) is 11.6 Å². The molecule has 0 aliphatic carbocycles. The molecule has 118 valence electrons. The molecule has 8 heteroatoms. The molecule has 0 aliphatic rings. The summed E-state index contributed by atoms with van der Waals surface area (Å²) in [6, 6.07) is 1.18. The number of carbonyl (C=O) groups excluding carboxylic acids is 1. The Bertz CT molecular complexity index is 656. The van der Waals surface area contributed by atoms with E-state index in [-0.39, 0.29) is 0 Å². The molecule has 0 unspecified atom stereocenters. The quantitative estimate of drug-likeness (QED) is 0.868. The molecule has 1 rings (SSSR count). The first kappa shape index (κ1) is 17.5. The SMILES string of the molecule is CCC(C)(CC)NC(=O)c1cc(S(N)(=O)=O)cc(F)c1F. The van der Waals surface area contributed by atoms with Crippen LogP contribution in [0.4, 0.5) is 8.78 Å². The summed E-state index contributed by atoms with van der Waals surface area (Å²) in [7, 11) is -4.24. The summed E-state index contributed by atoms with van der Waals surface area (Å²) in [6.45, 7) is 5.42. The van der Waals surface area contributed by atoms with Crippen LogP contribution >= 0.6 is 0 Å². The zero-order valence-electron chi connectivity index (χ0n) is 12.0. The van der Waals surface area contributed by atoms with Crippen LogP contribution in [0.2, 0.25) is 0 Å². The van der Waals surface area contributed by atoms with Gasteiger partial charge in [0.2, 0.25) is 10.0 Å². The average Bonchev–Trinajstić information content (AvgIpc) is 2.40. The Balaban J connectivity index is 3.30. The average molecular weight is 320 g/mol. The van der Waals surface area contributed by atoms with Gasteiger partial charge in [0.15, 0.2) is 11.6 Å². The molecule has 0 saturated heterocycles. The minimum atomic E-state index is -4.24. The molecule has 0 heterocycles. The van der Waals surface area contributed by atoms with Gasteiger partial charge in [0, 0.05) is 5.54 Å². The summed E-state index contributed by atoms with van der Waals surface area (Å²) in [5.41, 5.74) is -1.29. The van der Waals surface area contributed by atoms with Gasteiger partial charge in [0.05, 0.1) is 10.5 Å². The third-order valence-corrected chi connectivity index (χ3v) is 4.44. The van der Waals surface area contributed by atoms with Crippen LogP contribution in [0.15, 0.2) is 17.0 Å². The van der Waals surface area contributed by atoms with Crippen LogP contribution in [0.5, 0.6) is 0 Å². The standard InChI is InChI=1S/C13H18F2N2O3S/c1-4-13(3,5-2)17-12(18)9-6-8(21(16,19)20)7-10(14)11(9)15/h6-7H,4-5H2,1-3H3,(H,17,18)(H2,16,19,20). The van der Waals surface area contributed by atoms with Gasteiger partial charge in [-0.3, -0.25) is 4.79 Å². The van der Waals surface area contributed by atoms with Gasteiger partial charge in [-0.1, -0.05) is 13.8 Å². The van der Waals surface area contributed by atoms with Gasteiger partial charge in [0.25, 0.3) is 5.91 Å². The Hall–Kier alpha value is -1.54. The molecule has 0 atom stereocenters. The molecule has 1 amide bonds. The molecule has 0 spiro atoms. The minimum Gasteiger partial charge on any atom is -0.347 e. The maximum absolute atomic E-state index is 13.7. The minimum absolute atomic E-state index is 0.445. The second-order valence-electron chi connectivity index (χ2n) is 5.03. The van der Waals surface area contributed by atoms with E-state index in [0.717, 1.165) is 6.07 Å². The van der Waals surface area contributed by atoms with Crippen molar-refractivity contribution in [1.29, 1.82) is 0 Å². The van der Waals surface area contributed by atoms with Gasteiger partial charge < -0.3 is 5.32 Å². The Kier molecular flexibility index (Phi) is 5.06. The molecule has 0 aromatic heterocycles. The summed E-state index contributed by atoms with van der Waals surface area (Å²) in [5.74, 6) is -3.74. The van der Waals surface area contributed by atoms with E-state index in [4.69, 9.17) is 5.14 Å². The molecule has 1 aromatic rings. The number of hydrogen-bond acceptors (Lipinski definition) is 3. The van der Waals surface area contributed by atoms with Crippen LogP contribution in [0.3, 0.4) is 0 Å². The predicted molar refractivity (Wildman–Crippen MR) is 74.2 cm³/mol. The largest absolute Gasteiger partial charge is 0.347 e. The number of sulfonamides is 1. The first-order chi connectivity index (χ1) is 9.54. The molecule has 5 nitrogen and oxygen atoms in total. The fraction of sp³-hybridized carbons (Fsp3) is 0.462. The highest BCUT2D eigenvalue weighted by Crippen LogP contribution is 2.20. The van der Waals surface area contributed by atoms with Gasteiger partial charge >= 0.3 is 0 Å². The lowest BCUT2D eigenvalue weighted by atomic mass is 9.95. The lowest BCUT2D eigenvalue weighted by molar-refractivity contribution is 0.0895. The van der Waals surface area contributed by atoms with Crippen LogP contribution in [0.1, 0.15) is 44.0 Å². The van der Waals surface area contributed by atoms with Crippen molar-refractivity contribution in [3.8, 4) is 0 Å². The van der Waals surface area contributed by atoms with Crippen LogP contribution in [0.25, 0.3) is 0 Å². The summed E-state index contributed by atoms with van der Waals surface area (Å²) in [5, 5.41) is 7.45. The fourth-order valence-electron chi connectivity index (χ4n) is 1.66. The maximum Gasteiger partial charge on any atom is 0.254 e. The summed E-state index contributed by atoms with van der Waals surface area (Å²) >= 11 is 0. The van der Waals surface area contributed by atoms with Crippen LogP contribution in [-0.4, -0.2) is 19.9 Å². The van der Waals surface area contributed by atoms with Crippen molar-refractivity contribution in [2.75, 3.05) is 0 Å². The lowest BCUT2D eigenvalue weighted by Gasteiger charge is -2.28. The molecule has 21 heavy (non-hydrogen) atoms. The van der Waals surface area contributed by atoms with Crippen molar-refractivity contribution in [3.63, 3.8) is 0 Å². The molecule has 3 N–H and O–H groups in total. The zero-order chi connectivity index (χ0) is 16.4. The molecule has 0 saturated carbocycles. The molecule has 0 bridgehead atoms. The number of hydrogen-bond donors (Lipinski definition) is 2. The van der Waals surface area contributed by atoms with Gasteiger partial charge in [-0.2, -0.15) is 0 Å². The predicted octanol–water partition coefficient (Wildman–Crippen LogP) is 1.92. The maximum atomic E-state index is 13.7. The van der Waals surface area contributed by atoms with E-state index in [1.165, 1.54) is 0 Å². The molecule has 0 radical (unpaired) electrons. The Morgan fingerprint density at radius 1 is 1.29 bits per heavy atom. The first-order valence-electron chi connectivity index (χ1n) is 6.38. The third-order valence-electron chi connectivity index (χ3n) is 3.55. The molecule has 0 fully saturated rings. The summed E-state index contributed by atoms with van der Waals surface area (Å²) < 4.78 is 49.6. The van der Waals surface area contributed by atoms with E-state index in [2.05, 4.69) is 5.32 Å². The van der Waals surface area contributed by atoms with Gasteiger partial charge in [-0.15, -0.1) is 0 Å². The van der Waals surface area contributed by atoms with E-state index in [1.54, 1.807) is 6.92 Å². The zero-order valence-corrected chi connectivity index (χ0v) is 12.9. The van der Waals surface area contributed by atoms with E-state index in [0.29, 0.717) is 18.9 Å². The Morgan fingerprint density at radius 2 is 1.81 bits per heavy atom.